The third-order valence-corrected chi connectivity index (χ3v) is 3.41. The molecule has 0 aromatic carbocycles. The average Bonchev–Trinajstić information content (AvgIpc) is 2.37. The molecule has 1 N–H and O–H groups in total. The van der Waals surface area contributed by atoms with Gasteiger partial charge in [-0.15, -0.1) is 0 Å². The van der Waals surface area contributed by atoms with E-state index >= 15 is 0 Å². The van der Waals surface area contributed by atoms with Gasteiger partial charge in [-0.2, -0.15) is 0 Å². The van der Waals surface area contributed by atoms with Gasteiger partial charge in [0, 0.05) is 12.0 Å². The molecule has 0 saturated heterocycles. The molecule has 1 heterocycles. The normalized spacial score (nSPS) is 10.8. The Kier molecular flexibility index (Phi) is 5.96. The molecular formula is C15H24O3. The van der Waals surface area contributed by atoms with Crippen LogP contribution in [-0.4, -0.2) is 5.11 Å². The minimum Gasteiger partial charge on any atom is -0.507 e. The van der Waals surface area contributed by atoms with Gasteiger partial charge in [0.15, 0.2) is 0 Å². The van der Waals surface area contributed by atoms with E-state index in [4.69, 9.17) is 4.42 Å². The van der Waals surface area contributed by atoms with Crippen molar-refractivity contribution in [3.63, 3.8) is 0 Å². The summed E-state index contributed by atoms with van der Waals surface area (Å²) in [4.78, 5) is 11.5. The van der Waals surface area contributed by atoms with Crippen molar-refractivity contribution in [2.24, 2.45) is 0 Å². The van der Waals surface area contributed by atoms with Crippen LogP contribution in [0.25, 0.3) is 0 Å². The zero-order valence-corrected chi connectivity index (χ0v) is 11.7. The van der Waals surface area contributed by atoms with Gasteiger partial charge in [-0.1, -0.05) is 39.0 Å². The van der Waals surface area contributed by atoms with Crippen LogP contribution in [0.4, 0.5) is 0 Å². The molecule has 1 rings (SSSR count). The number of aromatic hydroxyl groups is 1. The van der Waals surface area contributed by atoms with Crippen LogP contribution < -0.4 is 5.63 Å². The van der Waals surface area contributed by atoms with Crippen LogP contribution in [0.1, 0.15) is 62.3 Å². The second-order valence-corrected chi connectivity index (χ2v) is 4.93. The molecule has 18 heavy (non-hydrogen) atoms. The van der Waals surface area contributed by atoms with Crippen molar-refractivity contribution in [1.82, 2.24) is 0 Å². The molecule has 3 heteroatoms. The lowest BCUT2D eigenvalue weighted by molar-refractivity contribution is 0.404. The number of rotatable bonds is 7. The maximum Gasteiger partial charge on any atom is 0.342 e. The SMILES string of the molecule is CCCCCCCCc1oc(=O)c(C)c(O)c1C. The largest absolute Gasteiger partial charge is 0.507 e. The van der Waals surface area contributed by atoms with Crippen LogP contribution in [0.3, 0.4) is 0 Å². The highest BCUT2D eigenvalue weighted by Gasteiger charge is 2.12. The summed E-state index contributed by atoms with van der Waals surface area (Å²) in [5.41, 5.74) is 0.596. The number of hydrogen-bond acceptors (Lipinski definition) is 3. The Bertz CT molecular complexity index is 432. The van der Waals surface area contributed by atoms with E-state index in [1.165, 1.54) is 25.7 Å². The minimum absolute atomic E-state index is 0.0900. The van der Waals surface area contributed by atoms with E-state index in [1.807, 2.05) is 0 Å². The quantitative estimate of drug-likeness (QED) is 0.749. The van der Waals surface area contributed by atoms with E-state index in [-0.39, 0.29) is 5.75 Å². The van der Waals surface area contributed by atoms with E-state index in [1.54, 1.807) is 13.8 Å². The molecule has 3 nitrogen and oxygen atoms in total. The Labute approximate surface area is 109 Å². The predicted molar refractivity (Wildman–Crippen MR) is 73.2 cm³/mol. The van der Waals surface area contributed by atoms with Gasteiger partial charge < -0.3 is 9.52 Å². The van der Waals surface area contributed by atoms with Crippen LogP contribution in [0.2, 0.25) is 0 Å². The second kappa shape index (κ2) is 7.24. The van der Waals surface area contributed by atoms with Gasteiger partial charge in [0.1, 0.15) is 11.5 Å². The molecular weight excluding hydrogens is 228 g/mol. The van der Waals surface area contributed by atoms with Crippen LogP contribution >= 0.6 is 0 Å². The van der Waals surface area contributed by atoms with Gasteiger partial charge in [0.05, 0.1) is 5.56 Å². The first-order chi connectivity index (χ1) is 8.57. The molecule has 0 bridgehead atoms. The van der Waals surface area contributed by atoms with Gasteiger partial charge in [0.25, 0.3) is 0 Å². The minimum atomic E-state index is -0.418. The van der Waals surface area contributed by atoms with Crippen molar-refractivity contribution < 1.29 is 9.52 Å². The van der Waals surface area contributed by atoms with Gasteiger partial charge in [0.2, 0.25) is 0 Å². The van der Waals surface area contributed by atoms with E-state index in [0.29, 0.717) is 16.9 Å². The Balaban J connectivity index is 2.50. The molecule has 0 unspecified atom stereocenters. The Morgan fingerprint density at radius 3 is 2.28 bits per heavy atom. The zero-order valence-electron chi connectivity index (χ0n) is 11.7. The molecule has 0 aliphatic carbocycles. The molecule has 0 radical (unpaired) electrons. The first kappa shape index (κ1) is 14.8. The van der Waals surface area contributed by atoms with E-state index in [9.17, 15) is 9.90 Å². The average molecular weight is 252 g/mol. The first-order valence-electron chi connectivity index (χ1n) is 6.90. The molecule has 1 aromatic rings. The molecule has 0 fully saturated rings. The maximum atomic E-state index is 11.5. The highest BCUT2D eigenvalue weighted by molar-refractivity contribution is 5.37. The van der Waals surface area contributed by atoms with Crippen LogP contribution in [0.15, 0.2) is 9.21 Å². The topological polar surface area (TPSA) is 50.4 Å². The standard InChI is InChI=1S/C15H24O3/c1-4-5-6-7-8-9-10-13-11(2)14(16)12(3)15(17)18-13/h16H,4-10H2,1-3H3. The Morgan fingerprint density at radius 2 is 1.61 bits per heavy atom. The zero-order chi connectivity index (χ0) is 13.5. The lowest BCUT2D eigenvalue weighted by Crippen LogP contribution is -2.07. The van der Waals surface area contributed by atoms with Gasteiger partial charge in [-0.25, -0.2) is 4.79 Å². The third kappa shape index (κ3) is 3.90. The van der Waals surface area contributed by atoms with Crippen LogP contribution in [0.5, 0.6) is 5.75 Å². The van der Waals surface area contributed by atoms with E-state index in [0.717, 1.165) is 19.3 Å². The molecule has 0 aliphatic heterocycles. The highest BCUT2D eigenvalue weighted by Crippen LogP contribution is 2.23. The molecule has 1 aromatic heterocycles. The van der Waals surface area contributed by atoms with Crippen molar-refractivity contribution in [1.29, 1.82) is 0 Å². The summed E-state index contributed by atoms with van der Waals surface area (Å²) in [6.45, 7) is 5.59. The summed E-state index contributed by atoms with van der Waals surface area (Å²) < 4.78 is 5.23. The fourth-order valence-electron chi connectivity index (χ4n) is 2.08. The van der Waals surface area contributed by atoms with Crippen LogP contribution in [-0.2, 0) is 6.42 Å². The number of hydrogen-bond donors (Lipinski definition) is 1. The van der Waals surface area contributed by atoms with E-state index < -0.39 is 5.63 Å². The Morgan fingerprint density at radius 1 is 1.00 bits per heavy atom. The van der Waals surface area contributed by atoms with E-state index in [2.05, 4.69) is 6.92 Å². The van der Waals surface area contributed by atoms with Crippen LogP contribution in [0, 0.1) is 13.8 Å². The lowest BCUT2D eigenvalue weighted by Gasteiger charge is -2.07. The summed E-state index contributed by atoms with van der Waals surface area (Å²) in [5.74, 6) is 0.728. The fraction of sp³-hybridized carbons (Fsp3) is 0.667. The predicted octanol–water partition coefficient (Wildman–Crippen LogP) is 3.87. The van der Waals surface area contributed by atoms with Gasteiger partial charge >= 0.3 is 5.63 Å². The number of unbranched alkanes of at least 4 members (excludes halogenated alkanes) is 5. The summed E-state index contributed by atoms with van der Waals surface area (Å²) >= 11 is 0. The maximum absolute atomic E-state index is 11.5. The molecule has 0 amide bonds. The smallest absolute Gasteiger partial charge is 0.342 e. The first-order valence-corrected chi connectivity index (χ1v) is 6.90. The van der Waals surface area contributed by atoms with Crippen molar-refractivity contribution >= 4 is 0 Å². The fourth-order valence-corrected chi connectivity index (χ4v) is 2.08. The molecule has 102 valence electrons. The Hall–Kier alpha value is -1.25. The van der Waals surface area contributed by atoms with Gasteiger partial charge in [-0.05, 0) is 20.3 Å². The van der Waals surface area contributed by atoms with Crippen molar-refractivity contribution in [2.75, 3.05) is 0 Å². The highest BCUT2D eigenvalue weighted by atomic mass is 16.4. The van der Waals surface area contributed by atoms with Crippen molar-refractivity contribution in [2.45, 2.75) is 65.7 Å². The lowest BCUT2D eigenvalue weighted by atomic mass is 10.1. The summed E-state index contributed by atoms with van der Waals surface area (Å²) in [6.07, 6.45) is 7.95. The summed E-state index contributed by atoms with van der Waals surface area (Å²) in [5, 5.41) is 9.78. The second-order valence-electron chi connectivity index (χ2n) is 4.93. The molecule has 0 aliphatic rings. The summed E-state index contributed by atoms with van der Waals surface area (Å²) in [7, 11) is 0. The number of aryl methyl sites for hydroxylation is 1. The van der Waals surface area contributed by atoms with Crippen molar-refractivity contribution in [3.8, 4) is 5.75 Å². The molecule has 0 saturated carbocycles. The summed E-state index contributed by atoms with van der Waals surface area (Å²) in [6, 6.07) is 0. The van der Waals surface area contributed by atoms with Crippen molar-refractivity contribution in [3.05, 3.63) is 27.3 Å². The van der Waals surface area contributed by atoms with Gasteiger partial charge in [-0.3, -0.25) is 0 Å². The monoisotopic (exact) mass is 252 g/mol. The molecule has 0 spiro atoms. The third-order valence-electron chi connectivity index (χ3n) is 3.41. The molecule has 0 atom stereocenters.